The Labute approximate surface area is 142 Å². The van der Waals surface area contributed by atoms with E-state index in [-0.39, 0.29) is 12.0 Å². The SMILES string of the molecule is CN1CCN(C(=O)CN2CCC(Oc3ccc(C#N)cn3)C2)CC1. The minimum atomic E-state index is 0.0470. The number of likely N-dealkylation sites (N-methyl/N-ethyl adjacent to an activating group) is 1. The fourth-order valence-corrected chi connectivity index (χ4v) is 3.07. The largest absolute Gasteiger partial charge is 0.473 e. The van der Waals surface area contributed by atoms with Crippen molar-refractivity contribution >= 4 is 5.91 Å². The van der Waals surface area contributed by atoms with E-state index in [2.05, 4.69) is 21.8 Å². The summed E-state index contributed by atoms with van der Waals surface area (Å²) >= 11 is 0. The fraction of sp³-hybridized carbons (Fsp3) is 0.588. The molecule has 7 heteroatoms. The van der Waals surface area contributed by atoms with E-state index < -0.39 is 0 Å². The first-order chi connectivity index (χ1) is 11.6. The molecule has 1 unspecified atom stereocenters. The molecular formula is C17H23N5O2. The van der Waals surface area contributed by atoms with Gasteiger partial charge in [-0.25, -0.2) is 4.98 Å². The molecule has 2 saturated heterocycles. The molecule has 0 aromatic carbocycles. The zero-order valence-corrected chi connectivity index (χ0v) is 14.0. The third kappa shape index (κ3) is 4.22. The molecule has 0 N–H and O–H groups in total. The molecule has 0 aliphatic carbocycles. The third-order valence-electron chi connectivity index (χ3n) is 4.60. The van der Waals surface area contributed by atoms with Crippen molar-refractivity contribution in [3.63, 3.8) is 0 Å². The van der Waals surface area contributed by atoms with Crippen molar-refractivity contribution in [3.8, 4) is 11.9 Å². The number of carbonyl (C=O) groups excluding carboxylic acids is 1. The number of aromatic nitrogens is 1. The second-order valence-electron chi connectivity index (χ2n) is 6.44. The van der Waals surface area contributed by atoms with Crippen LogP contribution in [0.4, 0.5) is 0 Å². The van der Waals surface area contributed by atoms with E-state index in [1.807, 2.05) is 11.0 Å². The van der Waals surface area contributed by atoms with Gasteiger partial charge in [-0.2, -0.15) is 5.26 Å². The zero-order valence-electron chi connectivity index (χ0n) is 14.0. The van der Waals surface area contributed by atoms with E-state index in [0.29, 0.717) is 18.0 Å². The lowest BCUT2D eigenvalue weighted by Gasteiger charge is -2.33. The van der Waals surface area contributed by atoms with Gasteiger partial charge in [-0.3, -0.25) is 9.69 Å². The normalized spacial score (nSPS) is 22.3. The number of amides is 1. The number of ether oxygens (including phenoxy) is 1. The minimum Gasteiger partial charge on any atom is -0.473 e. The number of nitriles is 1. The van der Waals surface area contributed by atoms with Crippen molar-refractivity contribution in [2.75, 3.05) is 52.9 Å². The Hall–Kier alpha value is -2.17. The van der Waals surface area contributed by atoms with Crippen LogP contribution < -0.4 is 4.74 Å². The van der Waals surface area contributed by atoms with E-state index in [0.717, 1.165) is 45.7 Å². The molecule has 24 heavy (non-hydrogen) atoms. The molecule has 1 aromatic rings. The van der Waals surface area contributed by atoms with Crippen LogP contribution in [0.15, 0.2) is 18.3 Å². The topological polar surface area (TPSA) is 72.7 Å². The second kappa shape index (κ2) is 7.60. The van der Waals surface area contributed by atoms with Crippen LogP contribution >= 0.6 is 0 Å². The maximum Gasteiger partial charge on any atom is 0.236 e. The predicted molar refractivity (Wildman–Crippen MR) is 88.5 cm³/mol. The number of hydrogen-bond donors (Lipinski definition) is 0. The average Bonchev–Trinajstić information content (AvgIpc) is 3.03. The van der Waals surface area contributed by atoms with Crippen LogP contribution in [0.5, 0.6) is 5.88 Å². The lowest BCUT2D eigenvalue weighted by molar-refractivity contribution is -0.133. The van der Waals surface area contributed by atoms with E-state index >= 15 is 0 Å². The van der Waals surface area contributed by atoms with Crippen molar-refractivity contribution in [1.82, 2.24) is 19.7 Å². The molecule has 0 saturated carbocycles. The van der Waals surface area contributed by atoms with Crippen LogP contribution in [-0.4, -0.2) is 84.6 Å². The number of rotatable bonds is 4. The Morgan fingerprint density at radius 1 is 1.33 bits per heavy atom. The molecule has 0 spiro atoms. The summed E-state index contributed by atoms with van der Waals surface area (Å²) in [5, 5.41) is 8.78. The lowest BCUT2D eigenvalue weighted by Crippen LogP contribution is -2.50. The summed E-state index contributed by atoms with van der Waals surface area (Å²) in [4.78, 5) is 22.9. The van der Waals surface area contributed by atoms with Crippen LogP contribution in [0.3, 0.4) is 0 Å². The second-order valence-corrected chi connectivity index (χ2v) is 6.44. The summed E-state index contributed by atoms with van der Waals surface area (Å²) in [7, 11) is 2.08. The molecule has 3 rings (SSSR count). The standard InChI is InChI=1S/C17H23N5O2/c1-20-6-8-22(9-7-20)17(23)13-21-5-4-15(12-21)24-16-3-2-14(10-18)11-19-16/h2-3,11,15H,4-9,12-13H2,1H3. The van der Waals surface area contributed by atoms with Gasteiger partial charge in [0.1, 0.15) is 12.2 Å². The van der Waals surface area contributed by atoms with Crippen LogP contribution in [0.2, 0.25) is 0 Å². The van der Waals surface area contributed by atoms with Gasteiger partial charge in [-0.1, -0.05) is 0 Å². The van der Waals surface area contributed by atoms with Gasteiger partial charge in [-0.15, -0.1) is 0 Å². The van der Waals surface area contributed by atoms with E-state index in [1.165, 1.54) is 6.20 Å². The predicted octanol–water partition coefficient (Wildman–Crippen LogP) is 0.180. The van der Waals surface area contributed by atoms with Gasteiger partial charge in [0.2, 0.25) is 11.8 Å². The maximum absolute atomic E-state index is 12.4. The van der Waals surface area contributed by atoms with Gasteiger partial charge in [0.15, 0.2) is 0 Å². The molecule has 2 aliphatic heterocycles. The van der Waals surface area contributed by atoms with Crippen molar-refractivity contribution in [3.05, 3.63) is 23.9 Å². The molecular weight excluding hydrogens is 306 g/mol. The summed E-state index contributed by atoms with van der Waals surface area (Å²) in [6.07, 6.45) is 2.45. The van der Waals surface area contributed by atoms with Crippen LogP contribution in [0.25, 0.3) is 0 Å². The first-order valence-electron chi connectivity index (χ1n) is 8.35. The highest BCUT2D eigenvalue weighted by Gasteiger charge is 2.28. The molecule has 0 radical (unpaired) electrons. The smallest absolute Gasteiger partial charge is 0.236 e. The fourth-order valence-electron chi connectivity index (χ4n) is 3.07. The van der Waals surface area contributed by atoms with Gasteiger partial charge in [0, 0.05) is 51.5 Å². The first kappa shape index (κ1) is 16.7. The lowest BCUT2D eigenvalue weighted by atomic mass is 10.3. The van der Waals surface area contributed by atoms with Crippen molar-refractivity contribution in [1.29, 1.82) is 5.26 Å². The highest BCUT2D eigenvalue weighted by Crippen LogP contribution is 2.17. The highest BCUT2D eigenvalue weighted by molar-refractivity contribution is 5.78. The van der Waals surface area contributed by atoms with E-state index in [4.69, 9.17) is 10.00 Å². The molecule has 128 valence electrons. The molecule has 7 nitrogen and oxygen atoms in total. The molecule has 0 bridgehead atoms. The van der Waals surface area contributed by atoms with E-state index in [1.54, 1.807) is 12.1 Å². The monoisotopic (exact) mass is 329 g/mol. The molecule has 1 aromatic heterocycles. The van der Waals surface area contributed by atoms with E-state index in [9.17, 15) is 4.79 Å². The molecule has 2 fully saturated rings. The quantitative estimate of drug-likeness (QED) is 0.785. The van der Waals surface area contributed by atoms with Crippen LogP contribution in [0, 0.1) is 11.3 Å². The highest BCUT2D eigenvalue weighted by atomic mass is 16.5. The van der Waals surface area contributed by atoms with Crippen molar-refractivity contribution in [2.24, 2.45) is 0 Å². The average molecular weight is 329 g/mol. The molecule has 1 atom stereocenters. The summed E-state index contributed by atoms with van der Waals surface area (Å²) < 4.78 is 5.85. The zero-order chi connectivity index (χ0) is 16.9. The number of hydrogen-bond acceptors (Lipinski definition) is 6. The van der Waals surface area contributed by atoms with Crippen LogP contribution in [-0.2, 0) is 4.79 Å². The first-order valence-corrected chi connectivity index (χ1v) is 8.35. The van der Waals surface area contributed by atoms with Gasteiger partial charge in [-0.05, 0) is 19.5 Å². The number of pyridine rings is 1. The van der Waals surface area contributed by atoms with Gasteiger partial charge < -0.3 is 14.5 Å². The van der Waals surface area contributed by atoms with Crippen molar-refractivity contribution < 1.29 is 9.53 Å². The summed E-state index contributed by atoms with van der Waals surface area (Å²) in [5.74, 6) is 0.742. The Bertz CT molecular complexity index is 604. The van der Waals surface area contributed by atoms with Crippen LogP contribution in [0.1, 0.15) is 12.0 Å². The Balaban J connectivity index is 1.45. The summed E-state index contributed by atoms with van der Waals surface area (Å²) in [6, 6.07) is 5.46. The van der Waals surface area contributed by atoms with Crippen molar-refractivity contribution in [2.45, 2.75) is 12.5 Å². The Kier molecular flexibility index (Phi) is 5.28. The summed E-state index contributed by atoms with van der Waals surface area (Å²) in [6.45, 7) is 5.59. The number of likely N-dealkylation sites (tertiary alicyclic amines) is 1. The molecule has 2 aliphatic rings. The third-order valence-corrected chi connectivity index (χ3v) is 4.60. The van der Waals surface area contributed by atoms with Gasteiger partial charge in [0.05, 0.1) is 12.1 Å². The number of carbonyl (C=O) groups is 1. The summed E-state index contributed by atoms with van der Waals surface area (Å²) in [5.41, 5.74) is 0.521. The Morgan fingerprint density at radius 2 is 2.12 bits per heavy atom. The van der Waals surface area contributed by atoms with Gasteiger partial charge in [0.25, 0.3) is 0 Å². The Morgan fingerprint density at radius 3 is 2.79 bits per heavy atom. The number of piperazine rings is 1. The molecule has 3 heterocycles. The van der Waals surface area contributed by atoms with Gasteiger partial charge >= 0.3 is 0 Å². The maximum atomic E-state index is 12.4. The minimum absolute atomic E-state index is 0.0470. The number of nitrogens with zero attached hydrogens (tertiary/aromatic N) is 5. The molecule has 1 amide bonds.